The average Bonchev–Trinajstić information content (AvgIpc) is 3.96. The maximum atomic E-state index is 6.49. The van der Waals surface area contributed by atoms with Crippen LogP contribution < -0.4 is 4.90 Å². The third-order valence-electron chi connectivity index (χ3n) is 13.5. The van der Waals surface area contributed by atoms with E-state index in [1.54, 1.807) is 0 Å². The Labute approximate surface area is 363 Å². The molecule has 0 spiro atoms. The van der Waals surface area contributed by atoms with Gasteiger partial charge in [0.25, 0.3) is 0 Å². The Morgan fingerprint density at radius 2 is 1.03 bits per heavy atom. The van der Waals surface area contributed by atoms with E-state index < -0.39 is 0 Å². The summed E-state index contributed by atoms with van der Waals surface area (Å²) in [5.74, 6) is 0. The first-order chi connectivity index (χ1) is 30.5. The second-order valence-corrected chi connectivity index (χ2v) is 18.3. The molecular formula is C59H39NOS. The fraction of sp³-hybridized carbons (Fsp3) is 0.0508. The van der Waals surface area contributed by atoms with Gasteiger partial charge >= 0.3 is 0 Å². The molecule has 62 heavy (non-hydrogen) atoms. The Morgan fingerprint density at radius 3 is 1.90 bits per heavy atom. The van der Waals surface area contributed by atoms with Crippen LogP contribution in [0.2, 0.25) is 0 Å². The van der Waals surface area contributed by atoms with Crippen LogP contribution in [-0.4, -0.2) is 0 Å². The summed E-state index contributed by atoms with van der Waals surface area (Å²) in [7, 11) is 0. The maximum Gasteiger partial charge on any atom is 0.137 e. The lowest BCUT2D eigenvalue weighted by Crippen LogP contribution is -2.16. The van der Waals surface area contributed by atoms with Gasteiger partial charge in [0.05, 0.1) is 0 Å². The molecule has 0 atom stereocenters. The third kappa shape index (κ3) is 5.16. The number of fused-ring (bicyclic) bond motifs is 12. The Kier molecular flexibility index (Phi) is 7.56. The van der Waals surface area contributed by atoms with E-state index in [2.05, 4.69) is 213 Å². The molecule has 1 aliphatic rings. The Morgan fingerprint density at radius 1 is 0.403 bits per heavy atom. The first-order valence-corrected chi connectivity index (χ1v) is 22.2. The summed E-state index contributed by atoms with van der Waals surface area (Å²) < 4.78 is 9.09. The van der Waals surface area contributed by atoms with Crippen LogP contribution in [-0.2, 0) is 5.41 Å². The largest absolute Gasteiger partial charge is 0.456 e. The second kappa shape index (κ2) is 13.3. The Balaban J connectivity index is 1.02. The van der Waals surface area contributed by atoms with Crippen molar-refractivity contribution in [3.8, 4) is 33.4 Å². The monoisotopic (exact) mass is 809 g/mol. The molecule has 0 saturated heterocycles. The first-order valence-electron chi connectivity index (χ1n) is 21.4. The van der Waals surface area contributed by atoms with E-state index in [4.69, 9.17) is 4.42 Å². The number of anilines is 3. The van der Waals surface area contributed by atoms with Crippen molar-refractivity contribution in [2.75, 3.05) is 4.90 Å². The van der Waals surface area contributed by atoms with Gasteiger partial charge in [-0.25, -0.2) is 0 Å². The van der Waals surface area contributed by atoms with Crippen LogP contribution in [0, 0.1) is 0 Å². The summed E-state index contributed by atoms with van der Waals surface area (Å²) in [5.41, 5.74) is 15.2. The van der Waals surface area contributed by atoms with Crippen LogP contribution in [0.1, 0.15) is 25.0 Å². The summed E-state index contributed by atoms with van der Waals surface area (Å²) in [4.78, 5) is 2.39. The fourth-order valence-electron chi connectivity index (χ4n) is 10.5. The molecule has 2 heterocycles. The zero-order valence-corrected chi connectivity index (χ0v) is 35.1. The van der Waals surface area contributed by atoms with Gasteiger partial charge in [-0.05, 0) is 127 Å². The van der Waals surface area contributed by atoms with Crippen molar-refractivity contribution in [1.29, 1.82) is 0 Å². The summed E-state index contributed by atoms with van der Waals surface area (Å²) in [6, 6.07) is 73.8. The van der Waals surface area contributed by atoms with Gasteiger partial charge < -0.3 is 9.32 Å². The molecule has 292 valence electrons. The molecular weight excluding hydrogens is 771 g/mol. The highest BCUT2D eigenvalue weighted by Gasteiger charge is 2.36. The zero-order valence-electron chi connectivity index (χ0n) is 34.3. The number of benzene rings is 10. The van der Waals surface area contributed by atoms with Gasteiger partial charge in [-0.15, -0.1) is 11.3 Å². The van der Waals surface area contributed by atoms with E-state index in [1.807, 2.05) is 17.4 Å². The minimum atomic E-state index is -0.131. The molecule has 0 aliphatic heterocycles. The van der Waals surface area contributed by atoms with Crippen LogP contribution in [0.5, 0.6) is 0 Å². The number of para-hydroxylation sites is 1. The Bertz CT molecular complexity index is 3790. The summed E-state index contributed by atoms with van der Waals surface area (Å²) in [6.45, 7) is 4.70. The predicted octanol–water partition coefficient (Wildman–Crippen LogP) is 17.4. The number of nitrogens with zero attached hydrogens (tertiary/aromatic N) is 1. The predicted molar refractivity (Wildman–Crippen MR) is 265 cm³/mol. The smallest absolute Gasteiger partial charge is 0.137 e. The number of furan rings is 1. The van der Waals surface area contributed by atoms with Crippen molar-refractivity contribution >= 4 is 92.1 Å². The third-order valence-corrected chi connectivity index (χ3v) is 14.6. The SMILES string of the molecule is CC1(C)c2ccccc2-c2ccc(N(c3ccc(-c4ccc5sc6ccccc6c5c4-c4cc5ccccc5c5ccccc45)cc3)c3ccc4c(c3)oc3ccccc34)cc21. The molecule has 3 heteroatoms. The topological polar surface area (TPSA) is 16.4 Å². The number of hydrogen-bond acceptors (Lipinski definition) is 3. The molecule has 1 aliphatic carbocycles. The van der Waals surface area contributed by atoms with E-state index in [1.165, 1.54) is 86.2 Å². The molecule has 0 unspecified atom stereocenters. The molecule has 12 aromatic rings. The second-order valence-electron chi connectivity index (χ2n) is 17.2. The lowest BCUT2D eigenvalue weighted by Gasteiger charge is -2.28. The molecule has 2 aromatic heterocycles. The average molecular weight is 810 g/mol. The molecule has 2 nitrogen and oxygen atoms in total. The van der Waals surface area contributed by atoms with E-state index in [0.717, 1.165) is 39.0 Å². The minimum absolute atomic E-state index is 0.131. The highest BCUT2D eigenvalue weighted by molar-refractivity contribution is 7.26. The highest BCUT2D eigenvalue weighted by atomic mass is 32.1. The summed E-state index contributed by atoms with van der Waals surface area (Å²) in [5, 5.41) is 9.93. The van der Waals surface area contributed by atoms with Crippen molar-refractivity contribution in [2.45, 2.75) is 19.3 Å². The van der Waals surface area contributed by atoms with E-state index in [9.17, 15) is 0 Å². The van der Waals surface area contributed by atoms with Gasteiger partial charge in [0.2, 0.25) is 0 Å². The van der Waals surface area contributed by atoms with Crippen molar-refractivity contribution in [3.05, 3.63) is 211 Å². The van der Waals surface area contributed by atoms with Crippen LogP contribution in [0.3, 0.4) is 0 Å². The summed E-state index contributed by atoms with van der Waals surface area (Å²) >= 11 is 1.88. The molecule has 0 fully saturated rings. The standard InChI is InChI=1S/C59H39NOS/c1-59(2)51-20-10-7-17-45(51)46-29-27-39(34-52(46)59)60(40-28-30-48-47-18-8-11-21-53(47)61-54(48)35-40)38-25-23-36(24-26-38)42-31-32-56-58(49-19-9-12-22-55(49)62-56)57(42)50-33-37-13-3-4-14-41(37)43-15-5-6-16-44(43)50/h3-35H,1-2H3. The van der Waals surface area contributed by atoms with Crippen molar-refractivity contribution in [1.82, 2.24) is 0 Å². The zero-order chi connectivity index (χ0) is 41.1. The van der Waals surface area contributed by atoms with Gasteiger partial charge in [-0.3, -0.25) is 0 Å². The molecule has 0 radical (unpaired) electrons. The van der Waals surface area contributed by atoms with Gasteiger partial charge in [0, 0.05) is 59.5 Å². The molecule has 13 rings (SSSR count). The van der Waals surface area contributed by atoms with Crippen molar-refractivity contribution in [3.63, 3.8) is 0 Å². The van der Waals surface area contributed by atoms with E-state index >= 15 is 0 Å². The maximum absolute atomic E-state index is 6.49. The van der Waals surface area contributed by atoms with Crippen molar-refractivity contribution in [2.24, 2.45) is 0 Å². The van der Waals surface area contributed by atoms with Gasteiger partial charge in [-0.2, -0.15) is 0 Å². The normalized spacial score (nSPS) is 13.1. The number of hydrogen-bond donors (Lipinski definition) is 0. The fourth-order valence-corrected chi connectivity index (χ4v) is 11.6. The molecule has 0 bridgehead atoms. The molecule has 10 aromatic carbocycles. The number of thiophene rings is 1. The number of rotatable bonds is 5. The molecule has 0 amide bonds. The quantitative estimate of drug-likeness (QED) is 0.161. The molecule has 0 N–H and O–H groups in total. The first kappa shape index (κ1) is 35.3. The Hall–Kier alpha value is -7.46. The van der Waals surface area contributed by atoms with Crippen molar-refractivity contribution < 1.29 is 4.42 Å². The summed E-state index contributed by atoms with van der Waals surface area (Å²) in [6.07, 6.45) is 0. The van der Waals surface area contributed by atoms with E-state index in [0.29, 0.717) is 0 Å². The lowest BCUT2D eigenvalue weighted by atomic mass is 9.82. The van der Waals surface area contributed by atoms with Crippen LogP contribution in [0.25, 0.3) is 97.0 Å². The van der Waals surface area contributed by atoms with Gasteiger partial charge in [-0.1, -0.05) is 147 Å². The molecule has 0 saturated carbocycles. The van der Waals surface area contributed by atoms with E-state index in [-0.39, 0.29) is 5.41 Å². The van der Waals surface area contributed by atoms with Crippen LogP contribution in [0.4, 0.5) is 17.1 Å². The van der Waals surface area contributed by atoms with Crippen LogP contribution in [0.15, 0.2) is 205 Å². The van der Waals surface area contributed by atoms with Crippen LogP contribution >= 0.6 is 11.3 Å². The lowest BCUT2D eigenvalue weighted by molar-refractivity contribution is 0.660. The minimum Gasteiger partial charge on any atom is -0.456 e. The highest BCUT2D eigenvalue weighted by Crippen LogP contribution is 2.52. The van der Waals surface area contributed by atoms with Gasteiger partial charge in [0.15, 0.2) is 0 Å². The van der Waals surface area contributed by atoms with Gasteiger partial charge in [0.1, 0.15) is 11.2 Å².